The molecule has 0 bridgehead atoms. The summed E-state index contributed by atoms with van der Waals surface area (Å²) in [5, 5.41) is 0. The number of ether oxygens (including phenoxy) is 6. The highest BCUT2D eigenvalue weighted by atomic mass is 16.6. The van der Waals surface area contributed by atoms with Crippen LogP contribution < -0.4 is 29.1 Å². The highest BCUT2D eigenvalue weighted by Crippen LogP contribution is 2.60. The van der Waals surface area contributed by atoms with Gasteiger partial charge in [-0.15, -0.1) is 0 Å². The molecule has 0 saturated heterocycles. The lowest BCUT2D eigenvalue weighted by atomic mass is 9.77. The van der Waals surface area contributed by atoms with Crippen molar-refractivity contribution in [3.05, 3.63) is 284 Å². The molecule has 4 aliphatic rings. The third kappa shape index (κ3) is 9.83. The number of amides is 2. The van der Waals surface area contributed by atoms with E-state index in [4.69, 9.17) is 28.4 Å². The summed E-state index contributed by atoms with van der Waals surface area (Å²) in [4.78, 5) is 64.9. The first kappa shape index (κ1) is 61.4. The van der Waals surface area contributed by atoms with Gasteiger partial charge in [-0.1, -0.05) is 111 Å². The number of carbonyl (C=O) groups excluding carboxylic acids is 4. The Morgan fingerprint density at radius 2 is 0.747 bits per heavy atom. The maximum Gasteiger partial charge on any atom is 0.418 e. The molecule has 4 heterocycles. The van der Waals surface area contributed by atoms with Crippen LogP contribution in [0.3, 0.4) is 0 Å². The number of benzene rings is 10. The average Bonchev–Trinajstić information content (AvgIpc) is 1.64. The third-order valence-corrected chi connectivity index (χ3v) is 19.2. The van der Waals surface area contributed by atoms with Crippen LogP contribution in [0.2, 0.25) is 0 Å². The van der Waals surface area contributed by atoms with E-state index in [9.17, 15) is 19.2 Å². The SMILES string of the molecule is CCOC(=O)N(c1ccc(C(C)(C)c2ccc(N(C(=O)OCC)c3cc4c(cc3C)Oc3cc(N(CC)c5ccccc5C)ccc3C43OC(=O)c4ccccc43)cc2)cc1)c1cc2c(cc1C)Oc1cc(N(CC)c3ccccc3C)ccc1C21OC(=O)c2ccccc21. The van der Waals surface area contributed by atoms with Crippen molar-refractivity contribution in [2.45, 2.75) is 85.9 Å². The molecule has 0 fully saturated rings. The molecule has 14 nitrogen and oxygen atoms in total. The Balaban J connectivity index is 0.799. The fourth-order valence-electron chi connectivity index (χ4n) is 14.4. The van der Waals surface area contributed by atoms with E-state index in [1.165, 1.54) is 0 Å². The molecule has 2 spiro atoms. The van der Waals surface area contributed by atoms with E-state index in [0.717, 1.165) is 45.0 Å². The van der Waals surface area contributed by atoms with E-state index >= 15 is 0 Å². The Labute approximate surface area is 553 Å². The zero-order valence-corrected chi connectivity index (χ0v) is 54.8. The lowest BCUT2D eigenvalue weighted by molar-refractivity contribution is 0.0214. The van der Waals surface area contributed by atoms with Gasteiger partial charge in [0.25, 0.3) is 0 Å². The molecule has 2 unspecified atom stereocenters. The minimum atomic E-state index is -1.43. The molecule has 14 heteroatoms. The van der Waals surface area contributed by atoms with Gasteiger partial charge in [-0.2, -0.15) is 0 Å². The van der Waals surface area contributed by atoms with Crippen LogP contribution in [0.1, 0.15) is 129 Å². The average molecular weight is 1260 g/mol. The van der Waals surface area contributed by atoms with E-state index in [-0.39, 0.29) is 13.2 Å². The summed E-state index contributed by atoms with van der Waals surface area (Å²) in [6, 6.07) is 66.6. The van der Waals surface area contributed by atoms with Gasteiger partial charge in [0, 0.05) is 86.8 Å². The van der Waals surface area contributed by atoms with Gasteiger partial charge in [-0.25, -0.2) is 29.0 Å². The molecule has 2 amide bonds. The fourth-order valence-corrected chi connectivity index (χ4v) is 14.4. The summed E-state index contributed by atoms with van der Waals surface area (Å²) in [6.45, 7) is 21.7. The van der Waals surface area contributed by atoms with Crippen LogP contribution in [-0.2, 0) is 35.6 Å². The minimum absolute atomic E-state index is 0.118. The van der Waals surface area contributed by atoms with Gasteiger partial charge in [0.05, 0.1) is 47.1 Å². The quantitative estimate of drug-likeness (QED) is 0.0757. The van der Waals surface area contributed by atoms with Gasteiger partial charge in [-0.3, -0.25) is 0 Å². The highest BCUT2D eigenvalue weighted by molar-refractivity contribution is 6.01. The molecule has 0 aromatic heterocycles. The Bertz CT molecular complexity index is 4470. The van der Waals surface area contributed by atoms with Crippen molar-refractivity contribution in [2.24, 2.45) is 0 Å². The molecule has 2 atom stereocenters. The lowest BCUT2D eigenvalue weighted by Gasteiger charge is -2.38. The predicted molar refractivity (Wildman–Crippen MR) is 370 cm³/mol. The third-order valence-electron chi connectivity index (χ3n) is 19.2. The van der Waals surface area contributed by atoms with Crippen molar-refractivity contribution in [1.82, 2.24) is 0 Å². The molecule has 4 aliphatic heterocycles. The van der Waals surface area contributed by atoms with Gasteiger partial charge >= 0.3 is 24.1 Å². The summed E-state index contributed by atoms with van der Waals surface area (Å²) < 4.78 is 38.8. The van der Waals surface area contributed by atoms with Gasteiger partial charge in [0.15, 0.2) is 11.2 Å². The van der Waals surface area contributed by atoms with E-state index in [1.807, 2.05) is 184 Å². The van der Waals surface area contributed by atoms with Gasteiger partial charge in [-0.05, 0) is 186 Å². The highest BCUT2D eigenvalue weighted by Gasteiger charge is 2.56. The number of esters is 2. The summed E-state index contributed by atoms with van der Waals surface area (Å²) in [7, 11) is 0. The monoisotopic (exact) mass is 1260 g/mol. The van der Waals surface area contributed by atoms with Crippen LogP contribution in [0.5, 0.6) is 23.0 Å². The molecule has 0 N–H and O–H groups in total. The summed E-state index contributed by atoms with van der Waals surface area (Å²) in [5.41, 5.74) is 12.8. The van der Waals surface area contributed by atoms with Crippen molar-refractivity contribution in [2.75, 3.05) is 45.9 Å². The van der Waals surface area contributed by atoms with Crippen LogP contribution in [0.15, 0.2) is 206 Å². The second-order valence-corrected chi connectivity index (χ2v) is 24.9. The topological polar surface area (TPSA) is 137 Å². The van der Waals surface area contributed by atoms with E-state index < -0.39 is 40.7 Å². The van der Waals surface area contributed by atoms with Gasteiger partial charge < -0.3 is 38.2 Å². The fraction of sp³-hybridized carbons (Fsp3) is 0.210. The Morgan fingerprint density at radius 3 is 1.13 bits per heavy atom. The van der Waals surface area contributed by atoms with E-state index in [0.29, 0.717) is 114 Å². The van der Waals surface area contributed by atoms with Crippen molar-refractivity contribution >= 4 is 69.6 Å². The van der Waals surface area contributed by atoms with Crippen molar-refractivity contribution < 1.29 is 47.6 Å². The van der Waals surface area contributed by atoms with E-state index in [2.05, 4.69) is 75.6 Å². The van der Waals surface area contributed by atoms with Crippen molar-refractivity contribution in [3.63, 3.8) is 0 Å². The second kappa shape index (κ2) is 23.8. The number of carbonyl (C=O) groups is 4. The minimum Gasteiger partial charge on any atom is -0.456 e. The second-order valence-electron chi connectivity index (χ2n) is 24.9. The van der Waals surface area contributed by atoms with Crippen molar-refractivity contribution in [1.29, 1.82) is 0 Å². The molecule has 10 aromatic carbocycles. The molecule has 0 radical (unpaired) electrons. The predicted octanol–water partition coefficient (Wildman–Crippen LogP) is 19.3. The normalized spacial score (nSPS) is 16.0. The Kier molecular flexibility index (Phi) is 15.4. The first-order valence-electron chi connectivity index (χ1n) is 32.4. The number of hydrogen-bond donors (Lipinski definition) is 0. The number of hydrogen-bond acceptors (Lipinski definition) is 12. The summed E-state index contributed by atoms with van der Waals surface area (Å²) in [6.07, 6.45) is -1.19. The van der Waals surface area contributed by atoms with Crippen LogP contribution in [0.4, 0.5) is 55.1 Å². The van der Waals surface area contributed by atoms with Crippen LogP contribution >= 0.6 is 0 Å². The molecule has 14 rings (SSSR count). The summed E-state index contributed by atoms with van der Waals surface area (Å²) in [5.74, 6) is 1.13. The van der Waals surface area contributed by atoms with Gasteiger partial charge in [0.1, 0.15) is 23.0 Å². The number of rotatable bonds is 14. The smallest absolute Gasteiger partial charge is 0.418 e. The number of anilines is 8. The first-order chi connectivity index (χ1) is 45.9. The zero-order chi connectivity index (χ0) is 66.2. The van der Waals surface area contributed by atoms with E-state index in [1.54, 1.807) is 35.8 Å². The van der Waals surface area contributed by atoms with Crippen LogP contribution in [-0.4, -0.2) is 50.4 Å². The molecule has 0 aliphatic carbocycles. The van der Waals surface area contributed by atoms with Crippen LogP contribution in [0.25, 0.3) is 0 Å². The number of fused-ring (bicyclic) bond motifs is 12. The maximum absolute atomic E-state index is 14.6. The molecular formula is C81H72N4O10. The largest absolute Gasteiger partial charge is 0.456 e. The first-order valence-corrected chi connectivity index (χ1v) is 32.4. The standard InChI is InChI=1S/C81H72N4O10/c1-11-82(67-29-21-15-23-49(67)5)57-39-41-63-73(45-57)92-71-43-51(7)69(47-65(71)80(63)61-27-19-17-25-59(61)75(86)94-80)84(77(88)90-13-3)55-35-31-53(32-36-55)79(9,10)54-33-37-56(38-34-54)85(78(89)91-14-4)70-48-66-72(44-52(70)8)93-74-46-58(83(12-2)68-30-22-16-24-50(68)6)40-42-64(74)81(66)62-28-20-18-26-60(62)76(87)95-81/h15-48H,11-14H2,1-10H3. The van der Waals surface area contributed by atoms with Crippen LogP contribution in [0, 0.1) is 27.7 Å². The number of para-hydroxylation sites is 2. The van der Waals surface area contributed by atoms with Gasteiger partial charge in [0.2, 0.25) is 0 Å². The molecule has 476 valence electrons. The van der Waals surface area contributed by atoms with Crippen molar-refractivity contribution in [3.8, 4) is 23.0 Å². The summed E-state index contributed by atoms with van der Waals surface area (Å²) >= 11 is 0. The Hall–Kier alpha value is -11.1. The molecule has 0 saturated carbocycles. The lowest BCUT2D eigenvalue weighted by Crippen LogP contribution is -2.34. The number of aryl methyl sites for hydroxylation is 4. The Morgan fingerprint density at radius 1 is 0.389 bits per heavy atom. The molecular weight excluding hydrogens is 1190 g/mol. The molecule has 10 aromatic rings. The molecule has 95 heavy (non-hydrogen) atoms. The number of nitrogens with zero attached hydrogens (tertiary/aromatic N) is 4. The maximum atomic E-state index is 14.6. The zero-order valence-electron chi connectivity index (χ0n) is 54.8.